The van der Waals surface area contributed by atoms with E-state index in [9.17, 15) is 4.79 Å². The molecule has 5 heteroatoms. The summed E-state index contributed by atoms with van der Waals surface area (Å²) in [5, 5.41) is 6.04. The summed E-state index contributed by atoms with van der Waals surface area (Å²) in [6.45, 7) is 7.84. The van der Waals surface area contributed by atoms with E-state index >= 15 is 0 Å². The molecule has 1 aromatic heterocycles. The fraction of sp³-hybridized carbons (Fsp3) is 0.400. The topological polar surface area (TPSA) is 66.9 Å². The zero-order valence-electron chi connectivity index (χ0n) is 12.3. The Hall–Kier alpha value is -2.17. The number of fused-ring (bicyclic) bond motifs is 1. The van der Waals surface area contributed by atoms with Gasteiger partial charge < -0.3 is 10.6 Å². The number of anilines is 1. The first kappa shape index (κ1) is 14.2. The number of rotatable bonds is 4. The number of nitrogens with one attached hydrogen (secondary N) is 2. The van der Waals surface area contributed by atoms with Gasteiger partial charge in [-0.25, -0.2) is 9.97 Å². The summed E-state index contributed by atoms with van der Waals surface area (Å²) in [5.41, 5.74) is 1.83. The fourth-order valence-corrected chi connectivity index (χ4v) is 1.86. The molecule has 1 heterocycles. The van der Waals surface area contributed by atoms with Crippen LogP contribution in [-0.4, -0.2) is 28.0 Å². The molecule has 0 saturated heterocycles. The molecule has 1 amide bonds. The Bertz CT molecular complexity index is 622. The van der Waals surface area contributed by atoms with Crippen LogP contribution < -0.4 is 10.6 Å². The number of benzene rings is 1. The molecule has 106 valence electrons. The van der Waals surface area contributed by atoms with E-state index in [1.807, 2.05) is 52.0 Å². The second-order valence-electron chi connectivity index (χ2n) is 5.34. The Kier molecular flexibility index (Phi) is 4.17. The van der Waals surface area contributed by atoms with E-state index in [1.165, 1.54) is 0 Å². The highest BCUT2D eigenvalue weighted by molar-refractivity contribution is 5.99. The highest BCUT2D eigenvalue weighted by Gasteiger charge is 2.17. The van der Waals surface area contributed by atoms with Crippen LogP contribution in [0.3, 0.4) is 0 Å². The van der Waals surface area contributed by atoms with Crippen LogP contribution in [-0.2, 0) is 0 Å². The number of para-hydroxylation sites is 2. The van der Waals surface area contributed by atoms with Crippen LogP contribution in [0, 0.1) is 0 Å². The van der Waals surface area contributed by atoms with Gasteiger partial charge in [-0.2, -0.15) is 0 Å². The van der Waals surface area contributed by atoms with Crippen molar-refractivity contribution in [2.24, 2.45) is 0 Å². The molecular weight excluding hydrogens is 252 g/mol. The molecule has 2 rings (SSSR count). The summed E-state index contributed by atoms with van der Waals surface area (Å²) in [5.74, 6) is 0.318. The molecule has 5 nitrogen and oxygen atoms in total. The maximum atomic E-state index is 12.2. The fourth-order valence-electron chi connectivity index (χ4n) is 1.86. The van der Waals surface area contributed by atoms with Gasteiger partial charge in [-0.15, -0.1) is 0 Å². The molecule has 0 bridgehead atoms. The smallest absolute Gasteiger partial charge is 0.273 e. The lowest BCUT2D eigenvalue weighted by Gasteiger charge is -2.15. The van der Waals surface area contributed by atoms with Crippen molar-refractivity contribution >= 4 is 22.8 Å². The molecule has 0 aliphatic carbocycles. The molecule has 0 atom stereocenters. The van der Waals surface area contributed by atoms with Crippen molar-refractivity contribution in [2.45, 2.75) is 39.8 Å². The van der Waals surface area contributed by atoms with Crippen LogP contribution in [0.15, 0.2) is 24.3 Å². The lowest BCUT2D eigenvalue weighted by molar-refractivity contribution is 0.0939. The average Bonchev–Trinajstić information content (AvgIpc) is 2.36. The van der Waals surface area contributed by atoms with Crippen LogP contribution in [0.5, 0.6) is 0 Å². The number of amides is 1. The standard InChI is InChI=1S/C15H20N4O/c1-9(2)16-14-13(15(20)17-10(3)4)18-11-7-5-6-8-12(11)19-14/h5-10H,1-4H3,(H,16,19)(H,17,20). The molecule has 0 radical (unpaired) electrons. The first-order chi connectivity index (χ1) is 9.47. The maximum absolute atomic E-state index is 12.2. The third-order valence-corrected chi connectivity index (χ3v) is 2.63. The molecule has 0 spiro atoms. The summed E-state index contributed by atoms with van der Waals surface area (Å²) in [6.07, 6.45) is 0. The van der Waals surface area contributed by atoms with Crippen LogP contribution in [0.1, 0.15) is 38.2 Å². The van der Waals surface area contributed by atoms with E-state index in [0.29, 0.717) is 11.5 Å². The van der Waals surface area contributed by atoms with Crippen LogP contribution in [0.4, 0.5) is 5.82 Å². The van der Waals surface area contributed by atoms with Gasteiger partial charge in [-0.3, -0.25) is 4.79 Å². The molecule has 0 fully saturated rings. The monoisotopic (exact) mass is 272 g/mol. The van der Waals surface area contributed by atoms with Gasteiger partial charge in [0.1, 0.15) is 0 Å². The number of carbonyl (C=O) groups excluding carboxylic acids is 1. The van der Waals surface area contributed by atoms with E-state index in [1.54, 1.807) is 0 Å². The van der Waals surface area contributed by atoms with E-state index in [0.717, 1.165) is 11.0 Å². The van der Waals surface area contributed by atoms with Crippen molar-refractivity contribution in [3.8, 4) is 0 Å². The normalized spacial score (nSPS) is 11.1. The second kappa shape index (κ2) is 5.86. The van der Waals surface area contributed by atoms with Crippen molar-refractivity contribution in [1.82, 2.24) is 15.3 Å². The van der Waals surface area contributed by atoms with E-state index in [4.69, 9.17) is 0 Å². The third kappa shape index (κ3) is 3.23. The van der Waals surface area contributed by atoms with Gasteiger partial charge >= 0.3 is 0 Å². The zero-order valence-corrected chi connectivity index (χ0v) is 12.3. The molecular formula is C15H20N4O. The minimum Gasteiger partial charge on any atom is -0.366 e. The van der Waals surface area contributed by atoms with Crippen molar-refractivity contribution < 1.29 is 4.79 Å². The Morgan fingerprint density at radius 2 is 1.60 bits per heavy atom. The zero-order chi connectivity index (χ0) is 14.7. The molecule has 0 unspecified atom stereocenters. The Morgan fingerprint density at radius 3 is 2.15 bits per heavy atom. The van der Waals surface area contributed by atoms with Gasteiger partial charge in [-0.1, -0.05) is 12.1 Å². The lowest BCUT2D eigenvalue weighted by atomic mass is 10.2. The molecule has 0 saturated carbocycles. The van der Waals surface area contributed by atoms with Crippen LogP contribution in [0.2, 0.25) is 0 Å². The summed E-state index contributed by atoms with van der Waals surface area (Å²) >= 11 is 0. The number of hydrogen-bond acceptors (Lipinski definition) is 4. The first-order valence-corrected chi connectivity index (χ1v) is 6.81. The van der Waals surface area contributed by atoms with Gasteiger partial charge in [-0.05, 0) is 39.8 Å². The van der Waals surface area contributed by atoms with Gasteiger partial charge in [0.2, 0.25) is 0 Å². The SMILES string of the molecule is CC(C)NC(=O)c1nc2ccccc2nc1NC(C)C. The summed E-state index contributed by atoms with van der Waals surface area (Å²) in [6, 6.07) is 7.77. The number of hydrogen-bond donors (Lipinski definition) is 2. The van der Waals surface area contributed by atoms with E-state index in [-0.39, 0.29) is 18.0 Å². The van der Waals surface area contributed by atoms with Crippen molar-refractivity contribution in [1.29, 1.82) is 0 Å². The minimum atomic E-state index is -0.207. The Morgan fingerprint density at radius 1 is 1.00 bits per heavy atom. The van der Waals surface area contributed by atoms with Crippen LogP contribution >= 0.6 is 0 Å². The average molecular weight is 272 g/mol. The Balaban J connectivity index is 2.50. The largest absolute Gasteiger partial charge is 0.366 e. The summed E-state index contributed by atoms with van der Waals surface area (Å²) < 4.78 is 0. The molecule has 20 heavy (non-hydrogen) atoms. The van der Waals surface area contributed by atoms with E-state index < -0.39 is 0 Å². The molecule has 0 aliphatic heterocycles. The highest BCUT2D eigenvalue weighted by Crippen LogP contribution is 2.17. The molecule has 0 aliphatic rings. The predicted molar refractivity (Wildman–Crippen MR) is 80.9 cm³/mol. The highest BCUT2D eigenvalue weighted by atomic mass is 16.2. The van der Waals surface area contributed by atoms with Gasteiger partial charge in [0.15, 0.2) is 11.5 Å². The summed E-state index contributed by atoms with van der Waals surface area (Å²) in [4.78, 5) is 21.2. The van der Waals surface area contributed by atoms with Crippen molar-refractivity contribution in [3.05, 3.63) is 30.0 Å². The van der Waals surface area contributed by atoms with Crippen molar-refractivity contribution in [2.75, 3.05) is 5.32 Å². The first-order valence-electron chi connectivity index (χ1n) is 6.81. The second-order valence-corrected chi connectivity index (χ2v) is 5.34. The third-order valence-electron chi connectivity index (χ3n) is 2.63. The predicted octanol–water partition coefficient (Wildman–Crippen LogP) is 2.59. The molecule has 2 aromatic rings. The Labute approximate surface area is 118 Å². The quantitative estimate of drug-likeness (QED) is 0.897. The number of aromatic nitrogens is 2. The summed E-state index contributed by atoms with van der Waals surface area (Å²) in [7, 11) is 0. The van der Waals surface area contributed by atoms with E-state index in [2.05, 4.69) is 20.6 Å². The molecule has 2 N–H and O–H groups in total. The minimum absolute atomic E-state index is 0.0580. The van der Waals surface area contributed by atoms with Gasteiger partial charge in [0.05, 0.1) is 11.0 Å². The number of carbonyl (C=O) groups is 1. The lowest BCUT2D eigenvalue weighted by Crippen LogP contribution is -2.32. The maximum Gasteiger partial charge on any atom is 0.273 e. The number of nitrogens with zero attached hydrogens (tertiary/aromatic N) is 2. The molecule has 1 aromatic carbocycles. The van der Waals surface area contributed by atoms with Crippen LogP contribution in [0.25, 0.3) is 11.0 Å². The van der Waals surface area contributed by atoms with Gasteiger partial charge in [0, 0.05) is 12.1 Å². The van der Waals surface area contributed by atoms with Crippen molar-refractivity contribution in [3.63, 3.8) is 0 Å². The van der Waals surface area contributed by atoms with Gasteiger partial charge in [0.25, 0.3) is 5.91 Å².